The van der Waals surface area contributed by atoms with Crippen LogP contribution in [-0.4, -0.2) is 22.9 Å². The summed E-state index contributed by atoms with van der Waals surface area (Å²) in [5, 5.41) is 20.9. The summed E-state index contributed by atoms with van der Waals surface area (Å²) >= 11 is 0. The second-order valence-corrected chi connectivity index (χ2v) is 4.24. The molecule has 96 valence electrons. The maximum absolute atomic E-state index is 13.0. The van der Waals surface area contributed by atoms with Gasteiger partial charge in [0.15, 0.2) is 17.4 Å². The van der Waals surface area contributed by atoms with Gasteiger partial charge in [0.25, 0.3) is 0 Å². The Balaban J connectivity index is 2.64. The van der Waals surface area contributed by atoms with E-state index >= 15 is 0 Å². The molecule has 0 aromatic heterocycles. The van der Waals surface area contributed by atoms with Crippen LogP contribution in [0, 0.1) is 17.6 Å². The first-order valence-corrected chi connectivity index (χ1v) is 5.46. The SMILES string of the molecule is CC(CO)C(C)NCc1cc(F)c(O)c(F)c1. The predicted octanol–water partition coefficient (Wildman–Crippen LogP) is 1.78. The minimum atomic E-state index is -0.968. The van der Waals surface area contributed by atoms with Crippen LogP contribution in [0.3, 0.4) is 0 Å². The van der Waals surface area contributed by atoms with Gasteiger partial charge in [0.05, 0.1) is 0 Å². The Kier molecular flexibility index (Phi) is 4.84. The molecule has 0 amide bonds. The van der Waals surface area contributed by atoms with Crippen molar-refractivity contribution < 1.29 is 19.0 Å². The molecule has 5 heteroatoms. The van der Waals surface area contributed by atoms with Crippen molar-refractivity contribution in [1.29, 1.82) is 0 Å². The number of aliphatic hydroxyl groups is 1. The van der Waals surface area contributed by atoms with Gasteiger partial charge in [0.1, 0.15) is 0 Å². The van der Waals surface area contributed by atoms with Gasteiger partial charge in [0.2, 0.25) is 0 Å². The number of aliphatic hydroxyl groups excluding tert-OH is 1. The fourth-order valence-electron chi connectivity index (χ4n) is 1.36. The second kappa shape index (κ2) is 5.93. The molecular formula is C12H17F2NO2. The highest BCUT2D eigenvalue weighted by molar-refractivity contribution is 5.29. The topological polar surface area (TPSA) is 52.5 Å². The van der Waals surface area contributed by atoms with Crippen molar-refractivity contribution in [3.05, 3.63) is 29.3 Å². The van der Waals surface area contributed by atoms with Crippen molar-refractivity contribution in [2.24, 2.45) is 5.92 Å². The van der Waals surface area contributed by atoms with Crippen molar-refractivity contribution in [1.82, 2.24) is 5.32 Å². The van der Waals surface area contributed by atoms with Crippen molar-refractivity contribution in [3.8, 4) is 5.75 Å². The van der Waals surface area contributed by atoms with Gasteiger partial charge in [0, 0.05) is 19.2 Å². The summed E-state index contributed by atoms with van der Waals surface area (Å²) in [5.41, 5.74) is 0.412. The molecule has 0 aliphatic rings. The number of nitrogens with one attached hydrogen (secondary N) is 1. The lowest BCUT2D eigenvalue weighted by atomic mass is 10.0. The van der Waals surface area contributed by atoms with Crippen LogP contribution >= 0.6 is 0 Å². The summed E-state index contributed by atoms with van der Waals surface area (Å²) in [5.74, 6) is -2.83. The maximum Gasteiger partial charge on any atom is 0.187 e. The van der Waals surface area contributed by atoms with E-state index in [1.165, 1.54) is 0 Å². The third kappa shape index (κ3) is 3.64. The predicted molar refractivity (Wildman–Crippen MR) is 60.6 cm³/mol. The molecule has 0 aliphatic heterocycles. The van der Waals surface area contributed by atoms with E-state index in [0.29, 0.717) is 5.56 Å². The fraction of sp³-hybridized carbons (Fsp3) is 0.500. The first-order chi connectivity index (χ1) is 7.95. The van der Waals surface area contributed by atoms with Crippen LogP contribution < -0.4 is 5.32 Å². The van der Waals surface area contributed by atoms with Crippen molar-refractivity contribution in [2.75, 3.05) is 6.61 Å². The number of phenolic OH excluding ortho intramolecular Hbond substituents is 1. The third-order valence-corrected chi connectivity index (χ3v) is 2.85. The second-order valence-electron chi connectivity index (χ2n) is 4.24. The molecule has 2 atom stereocenters. The number of aromatic hydroxyl groups is 1. The molecule has 0 bridgehead atoms. The quantitative estimate of drug-likeness (QED) is 0.741. The summed E-state index contributed by atoms with van der Waals surface area (Å²) in [4.78, 5) is 0. The van der Waals surface area contributed by atoms with Gasteiger partial charge >= 0.3 is 0 Å². The number of phenols is 1. The largest absolute Gasteiger partial charge is 0.503 e. The summed E-state index contributed by atoms with van der Waals surface area (Å²) in [7, 11) is 0. The highest BCUT2D eigenvalue weighted by Crippen LogP contribution is 2.21. The van der Waals surface area contributed by atoms with E-state index in [2.05, 4.69) is 5.32 Å². The summed E-state index contributed by atoms with van der Waals surface area (Å²) in [6, 6.07) is 2.20. The fourth-order valence-corrected chi connectivity index (χ4v) is 1.36. The highest BCUT2D eigenvalue weighted by atomic mass is 19.1. The number of halogens is 2. The van der Waals surface area contributed by atoms with Crippen LogP contribution in [-0.2, 0) is 6.54 Å². The summed E-state index contributed by atoms with van der Waals surface area (Å²) < 4.78 is 26.1. The Morgan fingerprint density at radius 2 is 1.76 bits per heavy atom. The smallest absolute Gasteiger partial charge is 0.187 e. The van der Waals surface area contributed by atoms with Gasteiger partial charge < -0.3 is 15.5 Å². The van der Waals surface area contributed by atoms with Gasteiger partial charge in [-0.2, -0.15) is 0 Å². The van der Waals surface area contributed by atoms with Gasteiger partial charge in [-0.25, -0.2) is 8.78 Å². The molecule has 3 nitrogen and oxygen atoms in total. The third-order valence-electron chi connectivity index (χ3n) is 2.85. The van der Waals surface area contributed by atoms with E-state index < -0.39 is 17.4 Å². The van der Waals surface area contributed by atoms with Crippen LogP contribution in [0.25, 0.3) is 0 Å². The van der Waals surface area contributed by atoms with E-state index in [4.69, 9.17) is 10.2 Å². The number of hydrogen-bond donors (Lipinski definition) is 3. The Bertz CT molecular complexity index is 362. The van der Waals surface area contributed by atoms with Crippen molar-refractivity contribution in [2.45, 2.75) is 26.4 Å². The molecule has 0 fully saturated rings. The first kappa shape index (κ1) is 13.9. The molecule has 2 unspecified atom stereocenters. The van der Waals surface area contributed by atoms with Crippen LogP contribution in [0.4, 0.5) is 8.78 Å². The average molecular weight is 245 g/mol. The molecule has 1 aromatic carbocycles. The number of rotatable bonds is 5. The monoisotopic (exact) mass is 245 g/mol. The van der Waals surface area contributed by atoms with Crippen LogP contribution in [0.2, 0.25) is 0 Å². The van der Waals surface area contributed by atoms with Gasteiger partial charge in [-0.3, -0.25) is 0 Å². The van der Waals surface area contributed by atoms with E-state index in [1.807, 2.05) is 13.8 Å². The van der Waals surface area contributed by atoms with Crippen LogP contribution in [0.1, 0.15) is 19.4 Å². The lowest BCUT2D eigenvalue weighted by Crippen LogP contribution is -2.33. The van der Waals surface area contributed by atoms with Crippen LogP contribution in [0.15, 0.2) is 12.1 Å². The normalized spacial score (nSPS) is 14.6. The lowest BCUT2D eigenvalue weighted by molar-refractivity contribution is 0.207. The van der Waals surface area contributed by atoms with Crippen LogP contribution in [0.5, 0.6) is 5.75 Å². The molecule has 0 heterocycles. The van der Waals surface area contributed by atoms with E-state index in [-0.39, 0.29) is 25.1 Å². The van der Waals surface area contributed by atoms with E-state index in [0.717, 1.165) is 12.1 Å². The molecule has 3 N–H and O–H groups in total. The molecule has 0 saturated heterocycles. The van der Waals surface area contributed by atoms with E-state index in [1.54, 1.807) is 0 Å². The van der Waals surface area contributed by atoms with Crippen molar-refractivity contribution in [3.63, 3.8) is 0 Å². The lowest BCUT2D eigenvalue weighted by Gasteiger charge is -2.19. The molecule has 1 aromatic rings. The molecule has 0 saturated carbocycles. The van der Waals surface area contributed by atoms with Gasteiger partial charge in [-0.1, -0.05) is 6.92 Å². The molecule has 0 spiro atoms. The highest BCUT2D eigenvalue weighted by Gasteiger charge is 2.12. The zero-order valence-corrected chi connectivity index (χ0v) is 9.87. The summed E-state index contributed by atoms with van der Waals surface area (Å²) in [6.45, 7) is 4.08. The zero-order chi connectivity index (χ0) is 13.0. The van der Waals surface area contributed by atoms with Gasteiger partial charge in [-0.05, 0) is 30.5 Å². The molecule has 1 rings (SSSR count). The Morgan fingerprint density at radius 3 is 2.24 bits per heavy atom. The number of hydrogen-bond acceptors (Lipinski definition) is 3. The average Bonchev–Trinajstić information content (AvgIpc) is 2.31. The molecule has 0 aliphatic carbocycles. The Morgan fingerprint density at radius 1 is 1.24 bits per heavy atom. The van der Waals surface area contributed by atoms with E-state index in [9.17, 15) is 8.78 Å². The van der Waals surface area contributed by atoms with Gasteiger partial charge in [-0.15, -0.1) is 0 Å². The maximum atomic E-state index is 13.0. The standard InChI is InChI=1S/C12H17F2NO2/c1-7(6-16)8(2)15-5-9-3-10(13)12(17)11(14)4-9/h3-4,7-8,15-17H,5-6H2,1-2H3. The molecule has 17 heavy (non-hydrogen) atoms. The minimum Gasteiger partial charge on any atom is -0.503 e. The first-order valence-electron chi connectivity index (χ1n) is 5.46. The Labute approximate surface area is 99.1 Å². The molecule has 0 radical (unpaired) electrons. The van der Waals surface area contributed by atoms with Crippen molar-refractivity contribution >= 4 is 0 Å². The number of benzene rings is 1. The summed E-state index contributed by atoms with van der Waals surface area (Å²) in [6.07, 6.45) is 0. The molecular weight excluding hydrogens is 228 g/mol. The Hall–Kier alpha value is -1.20. The zero-order valence-electron chi connectivity index (χ0n) is 9.87. The minimum absolute atomic E-state index is 0.0277.